The van der Waals surface area contributed by atoms with E-state index in [-0.39, 0.29) is 18.0 Å². The third-order valence-corrected chi connectivity index (χ3v) is 6.77. The van der Waals surface area contributed by atoms with Gasteiger partial charge in [0.2, 0.25) is 0 Å². The van der Waals surface area contributed by atoms with E-state index in [0.717, 1.165) is 16.7 Å². The summed E-state index contributed by atoms with van der Waals surface area (Å²) in [6.07, 6.45) is 1.76. The molecular weight excluding hydrogens is 502 g/mol. The van der Waals surface area contributed by atoms with Crippen molar-refractivity contribution in [2.75, 3.05) is 39.5 Å². The summed E-state index contributed by atoms with van der Waals surface area (Å²) in [6.45, 7) is 2.36. The maximum atomic E-state index is 13.1. The summed E-state index contributed by atoms with van der Waals surface area (Å²) >= 11 is 0. The molecule has 2 heterocycles. The number of amides is 2. The minimum absolute atomic E-state index is 0.0713. The van der Waals surface area contributed by atoms with Gasteiger partial charge in [0.05, 0.1) is 31.4 Å². The molecule has 0 radical (unpaired) electrons. The lowest BCUT2D eigenvalue weighted by atomic mass is 9.82. The molecular formula is C28H33N5O6. The number of hydrogen-bond acceptors (Lipinski definition) is 8. The zero-order valence-electron chi connectivity index (χ0n) is 21.8. The van der Waals surface area contributed by atoms with Crippen LogP contribution in [-0.2, 0) is 25.5 Å². The zero-order chi connectivity index (χ0) is 27.7. The monoisotopic (exact) mass is 535 g/mol. The van der Waals surface area contributed by atoms with Crippen LogP contribution in [0.15, 0.2) is 60.8 Å². The minimum atomic E-state index is -1.36. The summed E-state index contributed by atoms with van der Waals surface area (Å²) in [5.74, 6) is -1.47. The molecule has 206 valence electrons. The number of rotatable bonds is 11. The molecule has 1 saturated heterocycles. The van der Waals surface area contributed by atoms with Crippen molar-refractivity contribution in [1.29, 1.82) is 0 Å². The Kier molecular flexibility index (Phi) is 9.40. The first-order valence-corrected chi connectivity index (χ1v) is 12.8. The van der Waals surface area contributed by atoms with Gasteiger partial charge in [0.1, 0.15) is 5.69 Å². The molecule has 0 spiro atoms. The molecule has 0 saturated carbocycles. The Balaban J connectivity index is 1.45. The van der Waals surface area contributed by atoms with Crippen LogP contribution in [0.3, 0.4) is 0 Å². The highest BCUT2D eigenvalue weighted by Gasteiger charge is 2.38. The number of hydrogen-bond donors (Lipinski definition) is 3. The van der Waals surface area contributed by atoms with E-state index in [4.69, 9.17) is 9.47 Å². The Morgan fingerprint density at radius 2 is 1.79 bits per heavy atom. The van der Waals surface area contributed by atoms with Crippen LogP contribution in [0.5, 0.6) is 0 Å². The Morgan fingerprint density at radius 3 is 2.44 bits per heavy atom. The SMILES string of the molecule is CC(CO)(C[C@@H](Cc1ccc(-c2ccccc2)cc1)NC(=O)c1cnn[nH]1)C(=O)OCC(=O)N1CCOCC1. The highest BCUT2D eigenvalue weighted by atomic mass is 16.5. The van der Waals surface area contributed by atoms with Crippen molar-refractivity contribution in [3.8, 4) is 11.1 Å². The number of aromatic amines is 1. The van der Waals surface area contributed by atoms with E-state index >= 15 is 0 Å². The second-order valence-corrected chi connectivity index (χ2v) is 9.80. The summed E-state index contributed by atoms with van der Waals surface area (Å²) in [7, 11) is 0. The molecule has 1 fully saturated rings. The Bertz CT molecular complexity index is 1230. The van der Waals surface area contributed by atoms with Crippen molar-refractivity contribution in [3.63, 3.8) is 0 Å². The highest BCUT2D eigenvalue weighted by molar-refractivity contribution is 5.92. The van der Waals surface area contributed by atoms with E-state index in [2.05, 4.69) is 20.7 Å². The molecule has 4 rings (SSSR count). The summed E-state index contributed by atoms with van der Waals surface area (Å²) in [4.78, 5) is 39.9. The number of carbonyl (C=O) groups is 3. The van der Waals surface area contributed by atoms with Crippen LogP contribution < -0.4 is 5.32 Å². The number of nitrogens with zero attached hydrogens (tertiary/aromatic N) is 3. The largest absolute Gasteiger partial charge is 0.455 e. The number of benzene rings is 2. The normalized spacial score (nSPS) is 15.7. The van der Waals surface area contributed by atoms with Gasteiger partial charge in [0.25, 0.3) is 11.8 Å². The number of aliphatic hydroxyl groups is 1. The molecule has 1 aliphatic heterocycles. The van der Waals surface area contributed by atoms with Crippen molar-refractivity contribution in [3.05, 3.63) is 72.1 Å². The van der Waals surface area contributed by atoms with Crippen LogP contribution >= 0.6 is 0 Å². The number of H-pyrrole nitrogens is 1. The first-order valence-electron chi connectivity index (χ1n) is 12.8. The van der Waals surface area contributed by atoms with Gasteiger partial charge in [-0.3, -0.25) is 19.5 Å². The fourth-order valence-corrected chi connectivity index (χ4v) is 4.46. The highest BCUT2D eigenvalue weighted by Crippen LogP contribution is 2.27. The number of morpholine rings is 1. The first kappa shape index (κ1) is 27.9. The van der Waals surface area contributed by atoms with Gasteiger partial charge in [-0.2, -0.15) is 0 Å². The number of aromatic nitrogens is 3. The van der Waals surface area contributed by atoms with Crippen molar-refractivity contribution >= 4 is 17.8 Å². The maximum Gasteiger partial charge on any atom is 0.314 e. The van der Waals surface area contributed by atoms with Gasteiger partial charge in [-0.05, 0) is 36.5 Å². The van der Waals surface area contributed by atoms with Crippen LogP contribution in [0, 0.1) is 5.41 Å². The van der Waals surface area contributed by atoms with Crippen LogP contribution in [-0.4, -0.2) is 88.8 Å². The first-order chi connectivity index (χ1) is 18.9. The van der Waals surface area contributed by atoms with Gasteiger partial charge in [-0.1, -0.05) is 59.8 Å². The number of carbonyl (C=O) groups excluding carboxylic acids is 3. The van der Waals surface area contributed by atoms with Crippen LogP contribution in [0.1, 0.15) is 29.4 Å². The number of nitrogens with one attached hydrogen (secondary N) is 2. The lowest BCUT2D eigenvalue weighted by Gasteiger charge is -2.31. The zero-order valence-corrected chi connectivity index (χ0v) is 21.8. The summed E-state index contributed by atoms with van der Waals surface area (Å²) in [5, 5.41) is 22.9. The standard InChI is InChI=1S/C28H33N5O6/c1-28(19-34,27(37)39-18-25(35)33-11-13-38-14-12-33)16-23(30-26(36)24-17-29-32-31-24)15-20-7-9-22(10-8-20)21-5-3-2-4-6-21/h2-10,17,23,34H,11-16,18-19H2,1H3,(H,30,36)(H,29,31,32)/t23-,28?/m1/s1. The minimum Gasteiger partial charge on any atom is -0.455 e. The lowest BCUT2D eigenvalue weighted by Crippen LogP contribution is -2.46. The second-order valence-electron chi connectivity index (χ2n) is 9.80. The molecule has 2 aromatic carbocycles. The summed E-state index contributed by atoms with van der Waals surface area (Å²) in [5.41, 5.74) is 1.88. The molecule has 3 N–H and O–H groups in total. The molecule has 2 amide bonds. The van der Waals surface area contributed by atoms with Crippen molar-refractivity contribution < 1.29 is 29.0 Å². The number of aliphatic hydroxyl groups excluding tert-OH is 1. The maximum absolute atomic E-state index is 13.1. The quantitative estimate of drug-likeness (QED) is 0.314. The van der Waals surface area contributed by atoms with Gasteiger partial charge in [-0.15, -0.1) is 5.10 Å². The van der Waals surface area contributed by atoms with E-state index in [9.17, 15) is 19.5 Å². The Hall–Kier alpha value is -4.09. The van der Waals surface area contributed by atoms with E-state index in [1.54, 1.807) is 11.8 Å². The third-order valence-electron chi connectivity index (χ3n) is 6.77. The predicted molar refractivity (Wildman–Crippen MR) is 141 cm³/mol. The van der Waals surface area contributed by atoms with Crippen molar-refractivity contribution in [2.45, 2.75) is 25.8 Å². The lowest BCUT2D eigenvalue weighted by molar-refractivity contribution is -0.164. The van der Waals surface area contributed by atoms with Gasteiger partial charge >= 0.3 is 5.97 Å². The van der Waals surface area contributed by atoms with Crippen molar-refractivity contribution in [1.82, 2.24) is 25.6 Å². The molecule has 39 heavy (non-hydrogen) atoms. The summed E-state index contributed by atoms with van der Waals surface area (Å²) in [6, 6.07) is 17.3. The predicted octanol–water partition coefficient (Wildman–Crippen LogP) is 1.60. The average Bonchev–Trinajstić information content (AvgIpc) is 3.52. The summed E-state index contributed by atoms with van der Waals surface area (Å²) < 4.78 is 10.6. The molecule has 2 atom stereocenters. The van der Waals surface area contributed by atoms with Crippen LogP contribution in [0.25, 0.3) is 11.1 Å². The molecule has 1 aliphatic rings. The topological polar surface area (TPSA) is 147 Å². The van der Waals surface area contributed by atoms with E-state index in [1.807, 2.05) is 54.6 Å². The van der Waals surface area contributed by atoms with Gasteiger partial charge in [-0.25, -0.2) is 0 Å². The van der Waals surface area contributed by atoms with Crippen LogP contribution in [0.4, 0.5) is 0 Å². The molecule has 3 aromatic rings. The van der Waals surface area contributed by atoms with Gasteiger partial charge < -0.3 is 24.8 Å². The van der Waals surface area contributed by atoms with Gasteiger partial charge in [0.15, 0.2) is 6.61 Å². The number of esters is 1. The third kappa shape index (κ3) is 7.49. The van der Waals surface area contributed by atoms with Crippen LogP contribution in [0.2, 0.25) is 0 Å². The Labute approximate surface area is 226 Å². The molecule has 11 heteroatoms. The second kappa shape index (κ2) is 13.1. The molecule has 1 unspecified atom stereocenters. The molecule has 1 aromatic heterocycles. The fraction of sp³-hybridized carbons (Fsp3) is 0.393. The molecule has 0 bridgehead atoms. The van der Waals surface area contributed by atoms with E-state index < -0.39 is 36.5 Å². The van der Waals surface area contributed by atoms with Gasteiger partial charge in [0, 0.05) is 19.1 Å². The van der Waals surface area contributed by atoms with E-state index in [1.165, 1.54) is 6.20 Å². The molecule has 0 aliphatic carbocycles. The smallest absolute Gasteiger partial charge is 0.314 e. The average molecular weight is 536 g/mol. The van der Waals surface area contributed by atoms with E-state index in [0.29, 0.717) is 32.7 Å². The van der Waals surface area contributed by atoms with Crippen molar-refractivity contribution in [2.24, 2.45) is 5.41 Å². The number of ether oxygens (including phenoxy) is 2. The fourth-order valence-electron chi connectivity index (χ4n) is 4.46. The Morgan fingerprint density at radius 1 is 1.10 bits per heavy atom. The molecule has 11 nitrogen and oxygen atoms in total.